The molecule has 2 aromatic rings. The van der Waals surface area contributed by atoms with Gasteiger partial charge in [-0.1, -0.05) is 12.1 Å². The summed E-state index contributed by atoms with van der Waals surface area (Å²) in [6.45, 7) is 1.63. The fourth-order valence-electron chi connectivity index (χ4n) is 4.51. The second-order valence-electron chi connectivity index (χ2n) is 8.32. The van der Waals surface area contributed by atoms with E-state index in [4.69, 9.17) is 14.2 Å². The average molecular weight is 454 g/mol. The Labute approximate surface area is 194 Å². The van der Waals surface area contributed by atoms with Crippen LogP contribution in [0.3, 0.4) is 0 Å². The number of likely N-dealkylation sites (tertiary alicyclic amines) is 1. The summed E-state index contributed by atoms with van der Waals surface area (Å²) in [6.07, 6.45) is 4.47. The first kappa shape index (κ1) is 22.8. The Hall–Kier alpha value is -3.42. The number of rotatable bonds is 7. The number of urea groups is 1. The van der Waals surface area contributed by atoms with E-state index in [1.54, 1.807) is 19.1 Å². The Morgan fingerprint density at radius 3 is 2.70 bits per heavy atom. The quantitative estimate of drug-likeness (QED) is 0.658. The van der Waals surface area contributed by atoms with E-state index in [-0.39, 0.29) is 18.2 Å². The summed E-state index contributed by atoms with van der Waals surface area (Å²) in [5.74, 6) is 1.43. The lowest BCUT2D eigenvalue weighted by molar-refractivity contribution is 0.158. The molecule has 0 bridgehead atoms. The van der Waals surface area contributed by atoms with E-state index in [1.165, 1.54) is 0 Å². The standard InChI is InChI=1S/C25H31N3O5/c1-31-22-12-10-18(16-23(22)32-2)9-11-20-7-3-4-13-27(20)24(29)26-19-6-5-8-21(17-19)28-14-15-33-25(28)30/h5-6,8,10,12,16-17,20H,3-4,7,9,11,13-15H2,1-2H3,(H,26,29). The number of methoxy groups -OCH3 is 2. The minimum Gasteiger partial charge on any atom is -0.493 e. The first-order valence-electron chi connectivity index (χ1n) is 11.4. The monoisotopic (exact) mass is 453 g/mol. The SMILES string of the molecule is COc1ccc(CCC2CCCCN2C(=O)Nc2cccc(N3CCOC3=O)c2)cc1OC. The Morgan fingerprint density at radius 1 is 1.09 bits per heavy atom. The number of amides is 3. The van der Waals surface area contributed by atoms with E-state index in [0.29, 0.717) is 24.6 Å². The van der Waals surface area contributed by atoms with Crippen LogP contribution in [0.1, 0.15) is 31.2 Å². The molecule has 176 valence electrons. The third kappa shape index (κ3) is 5.32. The zero-order valence-electron chi connectivity index (χ0n) is 19.2. The Balaban J connectivity index is 1.40. The highest BCUT2D eigenvalue weighted by Crippen LogP contribution is 2.29. The van der Waals surface area contributed by atoms with Gasteiger partial charge in [-0.15, -0.1) is 0 Å². The third-order valence-corrected chi connectivity index (χ3v) is 6.27. The number of benzene rings is 2. The van der Waals surface area contributed by atoms with Crippen LogP contribution < -0.4 is 19.7 Å². The molecule has 0 aliphatic carbocycles. The second-order valence-corrected chi connectivity index (χ2v) is 8.32. The Morgan fingerprint density at radius 2 is 1.94 bits per heavy atom. The fourth-order valence-corrected chi connectivity index (χ4v) is 4.51. The number of cyclic esters (lactones) is 1. The van der Waals surface area contributed by atoms with Gasteiger partial charge in [-0.25, -0.2) is 9.59 Å². The van der Waals surface area contributed by atoms with Crippen LogP contribution in [0.15, 0.2) is 42.5 Å². The molecule has 1 unspecified atom stereocenters. The maximum Gasteiger partial charge on any atom is 0.414 e. The summed E-state index contributed by atoms with van der Waals surface area (Å²) in [5.41, 5.74) is 2.55. The van der Waals surface area contributed by atoms with Crippen molar-refractivity contribution in [2.75, 3.05) is 44.1 Å². The molecule has 1 N–H and O–H groups in total. The van der Waals surface area contributed by atoms with Crippen molar-refractivity contribution in [2.45, 2.75) is 38.1 Å². The van der Waals surface area contributed by atoms with Gasteiger partial charge in [-0.3, -0.25) is 4.90 Å². The molecule has 2 aliphatic rings. The maximum atomic E-state index is 13.1. The summed E-state index contributed by atoms with van der Waals surface area (Å²) < 4.78 is 15.8. The van der Waals surface area contributed by atoms with Crippen LogP contribution >= 0.6 is 0 Å². The van der Waals surface area contributed by atoms with Crippen LogP contribution in [-0.4, -0.2) is 57.0 Å². The van der Waals surface area contributed by atoms with Gasteiger partial charge in [0.05, 0.1) is 20.8 Å². The highest BCUT2D eigenvalue weighted by atomic mass is 16.6. The highest BCUT2D eigenvalue weighted by Gasteiger charge is 2.27. The molecule has 4 rings (SSSR count). The van der Waals surface area contributed by atoms with Crippen LogP contribution in [0.5, 0.6) is 11.5 Å². The third-order valence-electron chi connectivity index (χ3n) is 6.27. The van der Waals surface area contributed by atoms with E-state index in [9.17, 15) is 9.59 Å². The highest BCUT2D eigenvalue weighted by molar-refractivity contribution is 5.93. The van der Waals surface area contributed by atoms with Gasteiger partial charge in [0.15, 0.2) is 11.5 Å². The van der Waals surface area contributed by atoms with E-state index in [1.807, 2.05) is 47.4 Å². The van der Waals surface area contributed by atoms with Crippen molar-refractivity contribution in [3.05, 3.63) is 48.0 Å². The summed E-state index contributed by atoms with van der Waals surface area (Å²) in [5, 5.41) is 3.02. The number of anilines is 2. The Bertz CT molecular complexity index is 996. The lowest BCUT2D eigenvalue weighted by Crippen LogP contribution is -2.46. The van der Waals surface area contributed by atoms with Gasteiger partial charge in [0, 0.05) is 24.0 Å². The molecule has 2 aliphatic heterocycles. The minimum absolute atomic E-state index is 0.104. The van der Waals surface area contributed by atoms with Crippen LogP contribution in [0.25, 0.3) is 0 Å². The molecule has 8 heteroatoms. The first-order valence-corrected chi connectivity index (χ1v) is 11.4. The molecule has 2 aromatic carbocycles. The van der Waals surface area contributed by atoms with Crippen LogP contribution in [-0.2, 0) is 11.2 Å². The van der Waals surface area contributed by atoms with E-state index < -0.39 is 0 Å². The molecule has 0 aromatic heterocycles. The van der Waals surface area contributed by atoms with Gasteiger partial charge in [0.2, 0.25) is 0 Å². The number of aryl methyl sites for hydroxylation is 1. The number of carbonyl (C=O) groups excluding carboxylic acids is 2. The van der Waals surface area contributed by atoms with Crippen molar-refractivity contribution >= 4 is 23.5 Å². The van der Waals surface area contributed by atoms with Gasteiger partial charge >= 0.3 is 12.1 Å². The normalized spacial score (nSPS) is 18.1. The number of nitrogens with zero attached hydrogens (tertiary/aromatic N) is 2. The predicted molar refractivity (Wildman–Crippen MR) is 126 cm³/mol. The van der Waals surface area contributed by atoms with Crippen molar-refractivity contribution in [2.24, 2.45) is 0 Å². The summed E-state index contributed by atoms with van der Waals surface area (Å²) >= 11 is 0. The molecule has 1 atom stereocenters. The number of carbonyl (C=O) groups is 2. The summed E-state index contributed by atoms with van der Waals surface area (Å²) in [6, 6.07) is 13.4. The van der Waals surface area contributed by atoms with Crippen molar-refractivity contribution < 1.29 is 23.8 Å². The van der Waals surface area contributed by atoms with E-state index in [0.717, 1.165) is 55.6 Å². The topological polar surface area (TPSA) is 80.3 Å². The smallest absolute Gasteiger partial charge is 0.414 e. The lowest BCUT2D eigenvalue weighted by atomic mass is 9.96. The molecule has 2 heterocycles. The molecule has 0 radical (unpaired) electrons. The largest absolute Gasteiger partial charge is 0.493 e. The number of hydrogen-bond acceptors (Lipinski definition) is 5. The predicted octanol–water partition coefficient (Wildman–Crippen LogP) is 4.68. The van der Waals surface area contributed by atoms with Crippen molar-refractivity contribution in [3.63, 3.8) is 0 Å². The molecule has 2 saturated heterocycles. The second kappa shape index (κ2) is 10.5. The fraction of sp³-hybridized carbons (Fsp3) is 0.440. The lowest BCUT2D eigenvalue weighted by Gasteiger charge is -2.36. The maximum absolute atomic E-state index is 13.1. The van der Waals surface area contributed by atoms with Crippen molar-refractivity contribution in [3.8, 4) is 11.5 Å². The molecule has 2 fully saturated rings. The zero-order chi connectivity index (χ0) is 23.2. The van der Waals surface area contributed by atoms with Crippen molar-refractivity contribution in [1.82, 2.24) is 4.90 Å². The van der Waals surface area contributed by atoms with E-state index in [2.05, 4.69) is 5.32 Å². The zero-order valence-corrected chi connectivity index (χ0v) is 19.2. The molecule has 0 saturated carbocycles. The number of piperidine rings is 1. The van der Waals surface area contributed by atoms with Gasteiger partial charge < -0.3 is 24.4 Å². The number of nitrogens with one attached hydrogen (secondary N) is 1. The number of ether oxygens (including phenoxy) is 3. The van der Waals surface area contributed by atoms with Gasteiger partial charge in [0.25, 0.3) is 0 Å². The first-order chi connectivity index (χ1) is 16.1. The van der Waals surface area contributed by atoms with Gasteiger partial charge in [0.1, 0.15) is 6.61 Å². The summed E-state index contributed by atoms with van der Waals surface area (Å²) in [7, 11) is 3.26. The molecular weight excluding hydrogens is 422 g/mol. The average Bonchev–Trinajstić information content (AvgIpc) is 3.28. The minimum atomic E-state index is -0.357. The van der Waals surface area contributed by atoms with E-state index >= 15 is 0 Å². The number of hydrogen-bond donors (Lipinski definition) is 1. The molecule has 33 heavy (non-hydrogen) atoms. The van der Waals surface area contributed by atoms with Crippen LogP contribution in [0, 0.1) is 0 Å². The molecular formula is C25H31N3O5. The van der Waals surface area contributed by atoms with Crippen molar-refractivity contribution in [1.29, 1.82) is 0 Å². The van der Waals surface area contributed by atoms with Gasteiger partial charge in [-0.2, -0.15) is 0 Å². The summed E-state index contributed by atoms with van der Waals surface area (Å²) in [4.78, 5) is 28.5. The van der Waals surface area contributed by atoms with Crippen LogP contribution in [0.2, 0.25) is 0 Å². The van der Waals surface area contributed by atoms with Gasteiger partial charge in [-0.05, 0) is 68.0 Å². The Kier molecular flexibility index (Phi) is 7.22. The van der Waals surface area contributed by atoms with Crippen LogP contribution in [0.4, 0.5) is 21.0 Å². The molecule has 0 spiro atoms. The molecule has 8 nitrogen and oxygen atoms in total. The molecule has 3 amide bonds.